The number of benzene rings is 1. The lowest BCUT2D eigenvalue weighted by Gasteiger charge is -2.39. The van der Waals surface area contributed by atoms with Crippen LogP contribution >= 0.6 is 0 Å². The Morgan fingerprint density at radius 3 is 2.71 bits per heavy atom. The van der Waals surface area contributed by atoms with Gasteiger partial charge in [-0.05, 0) is 32.0 Å². The van der Waals surface area contributed by atoms with Crippen LogP contribution in [0.4, 0.5) is 0 Å². The molecule has 0 unspecified atom stereocenters. The summed E-state index contributed by atoms with van der Waals surface area (Å²) < 4.78 is 11.0. The molecule has 6 heteroatoms. The summed E-state index contributed by atoms with van der Waals surface area (Å²) in [6, 6.07) is 5.16. The van der Waals surface area contributed by atoms with E-state index >= 15 is 0 Å². The van der Waals surface area contributed by atoms with Crippen molar-refractivity contribution < 1.29 is 19.7 Å². The summed E-state index contributed by atoms with van der Waals surface area (Å²) in [6.07, 6.45) is -2.49. The molecule has 3 rings (SSSR count). The number of methoxy groups -OCH3 is 1. The van der Waals surface area contributed by atoms with E-state index in [0.717, 1.165) is 0 Å². The third kappa shape index (κ3) is 1.99. The van der Waals surface area contributed by atoms with Gasteiger partial charge in [-0.2, -0.15) is 0 Å². The standard InChI is InChI=1S/C15H17NO5/c1-15(2)13(18)11(17)10-12(21-15)8-6-7(20-3)4-5-9(8)16-14(10)19/h4-6,11,13,17-18H,1-3H3,(H,16,19)/t11-,13-/m0/s1. The number of ether oxygens (including phenoxy) is 2. The van der Waals surface area contributed by atoms with E-state index in [4.69, 9.17) is 9.47 Å². The Balaban J connectivity index is 2.36. The van der Waals surface area contributed by atoms with Crippen molar-refractivity contribution >= 4 is 10.9 Å². The molecule has 0 fully saturated rings. The Morgan fingerprint density at radius 1 is 1.33 bits per heavy atom. The quantitative estimate of drug-likeness (QED) is 0.732. The van der Waals surface area contributed by atoms with Crippen molar-refractivity contribution in [3.63, 3.8) is 0 Å². The summed E-state index contributed by atoms with van der Waals surface area (Å²) in [5, 5.41) is 21.0. The van der Waals surface area contributed by atoms with Gasteiger partial charge in [0.05, 0.1) is 18.2 Å². The molecule has 1 aliphatic heterocycles. The number of pyridine rings is 1. The number of aliphatic hydroxyl groups is 2. The minimum atomic E-state index is -1.30. The Hall–Kier alpha value is -2.05. The maximum absolute atomic E-state index is 12.2. The fraction of sp³-hybridized carbons (Fsp3) is 0.400. The van der Waals surface area contributed by atoms with Crippen LogP contribution in [0.1, 0.15) is 25.5 Å². The first-order chi connectivity index (χ1) is 9.85. The second-order valence-corrected chi connectivity index (χ2v) is 5.70. The van der Waals surface area contributed by atoms with Gasteiger partial charge in [-0.25, -0.2) is 0 Å². The van der Waals surface area contributed by atoms with E-state index in [1.54, 1.807) is 39.2 Å². The number of aromatic amines is 1. The first kappa shape index (κ1) is 13.9. The van der Waals surface area contributed by atoms with Gasteiger partial charge in [-0.3, -0.25) is 4.79 Å². The predicted octanol–water partition coefficient (Wildman–Crippen LogP) is 1.10. The normalized spacial score (nSPS) is 23.5. The highest BCUT2D eigenvalue weighted by Gasteiger charge is 2.44. The van der Waals surface area contributed by atoms with E-state index in [0.29, 0.717) is 16.7 Å². The molecule has 1 aromatic heterocycles. The van der Waals surface area contributed by atoms with Crippen LogP contribution in [0.25, 0.3) is 10.9 Å². The molecule has 112 valence electrons. The summed E-state index contributed by atoms with van der Waals surface area (Å²) in [4.78, 5) is 14.8. The van der Waals surface area contributed by atoms with Crippen LogP contribution in [0.5, 0.6) is 11.5 Å². The molecule has 0 aliphatic carbocycles. The van der Waals surface area contributed by atoms with Crippen molar-refractivity contribution in [2.24, 2.45) is 0 Å². The molecule has 2 aromatic rings. The van der Waals surface area contributed by atoms with Gasteiger partial charge >= 0.3 is 0 Å². The average molecular weight is 291 g/mol. The van der Waals surface area contributed by atoms with Gasteiger partial charge in [0.25, 0.3) is 5.56 Å². The number of hydrogen-bond donors (Lipinski definition) is 3. The van der Waals surface area contributed by atoms with Gasteiger partial charge in [-0.1, -0.05) is 0 Å². The SMILES string of the molecule is COc1ccc2[nH]c(=O)c3c(c2c1)OC(C)(C)[C@@H](O)[C@H]3O. The van der Waals surface area contributed by atoms with Crippen LogP contribution in [0.2, 0.25) is 0 Å². The first-order valence-corrected chi connectivity index (χ1v) is 6.64. The molecule has 0 saturated heterocycles. The lowest BCUT2D eigenvalue weighted by atomic mass is 9.88. The molecular formula is C15H17NO5. The van der Waals surface area contributed by atoms with E-state index in [9.17, 15) is 15.0 Å². The zero-order valence-electron chi connectivity index (χ0n) is 12.0. The van der Waals surface area contributed by atoms with Crippen molar-refractivity contribution in [3.8, 4) is 11.5 Å². The second kappa shape index (κ2) is 4.47. The number of rotatable bonds is 1. The molecule has 0 radical (unpaired) electrons. The first-order valence-electron chi connectivity index (χ1n) is 6.64. The van der Waals surface area contributed by atoms with Crippen molar-refractivity contribution in [1.29, 1.82) is 0 Å². The molecule has 1 aliphatic rings. The van der Waals surface area contributed by atoms with Crippen LogP contribution in [0.3, 0.4) is 0 Å². The van der Waals surface area contributed by atoms with Gasteiger partial charge in [-0.15, -0.1) is 0 Å². The smallest absolute Gasteiger partial charge is 0.258 e. The second-order valence-electron chi connectivity index (χ2n) is 5.70. The summed E-state index contributed by atoms with van der Waals surface area (Å²) in [5.74, 6) is 0.897. The van der Waals surface area contributed by atoms with E-state index in [-0.39, 0.29) is 11.3 Å². The minimum absolute atomic E-state index is 0.0441. The molecule has 0 amide bonds. The molecule has 2 heterocycles. The topological polar surface area (TPSA) is 91.8 Å². The number of aliphatic hydroxyl groups excluding tert-OH is 2. The monoisotopic (exact) mass is 291 g/mol. The summed E-state index contributed by atoms with van der Waals surface area (Å²) in [7, 11) is 1.54. The molecular weight excluding hydrogens is 274 g/mol. The third-order valence-corrected chi connectivity index (χ3v) is 3.88. The highest BCUT2D eigenvalue weighted by atomic mass is 16.5. The molecule has 1 aromatic carbocycles. The van der Waals surface area contributed by atoms with Crippen LogP contribution in [0.15, 0.2) is 23.0 Å². The number of aromatic nitrogens is 1. The molecule has 6 nitrogen and oxygen atoms in total. The zero-order chi connectivity index (χ0) is 15.4. The Morgan fingerprint density at radius 2 is 2.05 bits per heavy atom. The Bertz CT molecular complexity index is 764. The summed E-state index contributed by atoms with van der Waals surface area (Å²) in [5.41, 5.74) is -0.845. The zero-order valence-corrected chi connectivity index (χ0v) is 12.0. The van der Waals surface area contributed by atoms with Crippen molar-refractivity contribution in [1.82, 2.24) is 4.98 Å². The van der Waals surface area contributed by atoms with Gasteiger partial charge < -0.3 is 24.7 Å². The molecule has 0 saturated carbocycles. The highest BCUT2D eigenvalue weighted by Crippen LogP contribution is 2.42. The van der Waals surface area contributed by atoms with Gasteiger partial charge in [0.2, 0.25) is 0 Å². The lowest BCUT2D eigenvalue weighted by molar-refractivity contribution is -0.111. The van der Waals surface area contributed by atoms with Crippen LogP contribution in [0, 0.1) is 0 Å². The van der Waals surface area contributed by atoms with E-state index < -0.39 is 23.4 Å². The van der Waals surface area contributed by atoms with Crippen LogP contribution < -0.4 is 15.0 Å². The average Bonchev–Trinajstić information content (AvgIpc) is 2.44. The van der Waals surface area contributed by atoms with Crippen molar-refractivity contribution in [2.45, 2.75) is 31.7 Å². The van der Waals surface area contributed by atoms with Crippen molar-refractivity contribution in [2.75, 3.05) is 7.11 Å². The van der Waals surface area contributed by atoms with Gasteiger partial charge in [0, 0.05) is 5.39 Å². The summed E-state index contributed by atoms with van der Waals surface area (Å²) in [6.45, 7) is 3.33. The Labute approximate surface area is 120 Å². The van der Waals surface area contributed by atoms with Gasteiger partial charge in [0.1, 0.15) is 29.3 Å². The Kier molecular flexibility index (Phi) is 2.96. The largest absolute Gasteiger partial charge is 0.497 e. The van der Waals surface area contributed by atoms with E-state index in [1.807, 2.05) is 0 Å². The molecule has 2 atom stereocenters. The predicted molar refractivity (Wildman–Crippen MR) is 76.8 cm³/mol. The third-order valence-electron chi connectivity index (χ3n) is 3.88. The number of nitrogens with one attached hydrogen (secondary N) is 1. The van der Waals surface area contributed by atoms with E-state index in [2.05, 4.69) is 4.98 Å². The van der Waals surface area contributed by atoms with Crippen molar-refractivity contribution in [3.05, 3.63) is 34.1 Å². The van der Waals surface area contributed by atoms with Crippen LogP contribution in [-0.4, -0.2) is 34.0 Å². The highest BCUT2D eigenvalue weighted by molar-refractivity contribution is 5.88. The van der Waals surface area contributed by atoms with Crippen LogP contribution in [-0.2, 0) is 0 Å². The molecule has 0 spiro atoms. The minimum Gasteiger partial charge on any atom is -0.497 e. The lowest BCUT2D eigenvalue weighted by Crippen LogP contribution is -2.50. The molecule has 0 bridgehead atoms. The molecule has 21 heavy (non-hydrogen) atoms. The number of fused-ring (bicyclic) bond motifs is 3. The maximum Gasteiger partial charge on any atom is 0.258 e. The maximum atomic E-state index is 12.2. The number of H-pyrrole nitrogens is 1. The fourth-order valence-electron chi connectivity index (χ4n) is 2.63. The molecule has 3 N–H and O–H groups in total. The van der Waals surface area contributed by atoms with E-state index in [1.165, 1.54) is 0 Å². The number of hydrogen-bond acceptors (Lipinski definition) is 5. The van der Waals surface area contributed by atoms with Gasteiger partial charge in [0.15, 0.2) is 0 Å². The summed E-state index contributed by atoms with van der Waals surface area (Å²) >= 11 is 0. The fourth-order valence-corrected chi connectivity index (χ4v) is 2.63.